The second-order valence-electron chi connectivity index (χ2n) is 5.68. The summed E-state index contributed by atoms with van der Waals surface area (Å²) in [6, 6.07) is 25.5. The van der Waals surface area contributed by atoms with Gasteiger partial charge >= 0.3 is 0 Å². The number of rotatable bonds is 3. The molecular weight excluding hydrogens is 314 g/mol. The molecule has 25 heavy (non-hydrogen) atoms. The first-order valence-corrected chi connectivity index (χ1v) is 7.96. The van der Waals surface area contributed by atoms with Crippen molar-refractivity contribution in [2.24, 2.45) is 0 Å². The largest absolute Gasteiger partial charge is 0.354 e. The van der Waals surface area contributed by atoms with Crippen LogP contribution in [0.3, 0.4) is 0 Å². The van der Waals surface area contributed by atoms with Gasteiger partial charge in [-0.3, -0.25) is 4.90 Å². The van der Waals surface area contributed by atoms with E-state index < -0.39 is 0 Å². The maximum atomic E-state index is 5.51. The van der Waals surface area contributed by atoms with E-state index in [0.717, 1.165) is 27.6 Å². The zero-order valence-corrected chi connectivity index (χ0v) is 13.2. The molecule has 5 rings (SSSR count). The average molecular weight is 327 g/mol. The standard InChI is InChI=1S/C20H13N3O2/c1-2-8-14(9-3-1)23(19-15-10-4-6-12-17(15)24-21-19)20-16-11-5-7-13-18(16)25-22-20/h1-13H. The van der Waals surface area contributed by atoms with Gasteiger partial charge in [-0.2, -0.15) is 0 Å². The highest BCUT2D eigenvalue weighted by molar-refractivity contribution is 5.99. The molecule has 0 radical (unpaired) electrons. The Kier molecular flexibility index (Phi) is 3.03. The fourth-order valence-corrected chi connectivity index (χ4v) is 2.99. The Labute approximate surface area is 143 Å². The van der Waals surface area contributed by atoms with Crippen LogP contribution in [0.2, 0.25) is 0 Å². The fraction of sp³-hybridized carbons (Fsp3) is 0. The van der Waals surface area contributed by atoms with Crippen LogP contribution in [0.1, 0.15) is 0 Å². The molecule has 0 saturated heterocycles. The number of para-hydroxylation sites is 3. The maximum absolute atomic E-state index is 5.51. The first kappa shape index (κ1) is 13.8. The van der Waals surface area contributed by atoms with Crippen LogP contribution in [0.5, 0.6) is 0 Å². The van der Waals surface area contributed by atoms with E-state index in [1.54, 1.807) is 0 Å². The lowest BCUT2D eigenvalue weighted by molar-refractivity contribution is 0.452. The van der Waals surface area contributed by atoms with E-state index in [9.17, 15) is 0 Å². The van der Waals surface area contributed by atoms with Gasteiger partial charge < -0.3 is 9.05 Å². The lowest BCUT2D eigenvalue weighted by Gasteiger charge is -2.19. The Bertz CT molecular complexity index is 1090. The summed E-state index contributed by atoms with van der Waals surface area (Å²) < 4.78 is 11.0. The SMILES string of the molecule is c1ccc(N(c2noc3ccccc23)c2noc3ccccc23)cc1. The van der Waals surface area contributed by atoms with Crippen LogP contribution in [0, 0.1) is 0 Å². The lowest BCUT2D eigenvalue weighted by Crippen LogP contribution is -2.11. The molecular formula is C20H13N3O2. The van der Waals surface area contributed by atoms with Crippen molar-refractivity contribution in [3.05, 3.63) is 78.9 Å². The Morgan fingerprint density at radius 2 is 1.04 bits per heavy atom. The smallest absolute Gasteiger partial charge is 0.190 e. The summed E-state index contributed by atoms with van der Waals surface area (Å²) in [5, 5.41) is 10.4. The normalized spacial score (nSPS) is 11.2. The molecule has 0 unspecified atom stereocenters. The fourth-order valence-electron chi connectivity index (χ4n) is 2.99. The third-order valence-corrected chi connectivity index (χ3v) is 4.15. The highest BCUT2D eigenvalue weighted by Crippen LogP contribution is 2.40. The van der Waals surface area contributed by atoms with Crippen LogP contribution >= 0.6 is 0 Å². The molecule has 0 aliphatic rings. The van der Waals surface area contributed by atoms with Gasteiger partial charge in [0, 0.05) is 5.69 Å². The van der Waals surface area contributed by atoms with Crippen molar-refractivity contribution in [2.75, 3.05) is 4.90 Å². The topological polar surface area (TPSA) is 55.3 Å². The number of nitrogens with zero attached hydrogens (tertiary/aromatic N) is 3. The Hall–Kier alpha value is -3.60. The number of hydrogen-bond acceptors (Lipinski definition) is 5. The van der Waals surface area contributed by atoms with Crippen molar-refractivity contribution in [3.63, 3.8) is 0 Å². The van der Waals surface area contributed by atoms with Crippen LogP contribution in [0.25, 0.3) is 21.9 Å². The maximum Gasteiger partial charge on any atom is 0.190 e. The summed E-state index contributed by atoms with van der Waals surface area (Å²) in [6.07, 6.45) is 0. The minimum atomic E-state index is 0.681. The van der Waals surface area contributed by atoms with Crippen LogP contribution in [-0.2, 0) is 0 Å². The molecule has 2 aromatic heterocycles. The number of benzene rings is 3. The van der Waals surface area contributed by atoms with Crippen molar-refractivity contribution in [2.45, 2.75) is 0 Å². The highest BCUT2D eigenvalue weighted by Gasteiger charge is 2.24. The predicted molar refractivity (Wildman–Crippen MR) is 96.3 cm³/mol. The monoisotopic (exact) mass is 327 g/mol. The van der Waals surface area contributed by atoms with Gasteiger partial charge in [0.1, 0.15) is 0 Å². The highest BCUT2D eigenvalue weighted by atomic mass is 16.5. The molecule has 0 spiro atoms. The number of anilines is 3. The van der Waals surface area contributed by atoms with Gasteiger partial charge in [0.05, 0.1) is 10.8 Å². The molecule has 0 amide bonds. The van der Waals surface area contributed by atoms with Crippen molar-refractivity contribution < 1.29 is 9.05 Å². The first-order chi connectivity index (χ1) is 12.4. The van der Waals surface area contributed by atoms with Crippen LogP contribution < -0.4 is 4.90 Å². The third-order valence-electron chi connectivity index (χ3n) is 4.15. The molecule has 2 heterocycles. The number of hydrogen-bond donors (Lipinski definition) is 0. The minimum absolute atomic E-state index is 0.681. The van der Waals surface area contributed by atoms with Crippen molar-refractivity contribution in [1.82, 2.24) is 10.3 Å². The third kappa shape index (κ3) is 2.17. The van der Waals surface area contributed by atoms with Gasteiger partial charge in [0.25, 0.3) is 0 Å². The summed E-state index contributed by atoms with van der Waals surface area (Å²) >= 11 is 0. The van der Waals surface area contributed by atoms with Crippen molar-refractivity contribution >= 4 is 39.3 Å². The molecule has 0 bridgehead atoms. The molecule has 5 aromatic rings. The van der Waals surface area contributed by atoms with Crippen molar-refractivity contribution in [3.8, 4) is 0 Å². The van der Waals surface area contributed by atoms with Crippen molar-refractivity contribution in [1.29, 1.82) is 0 Å². The van der Waals surface area contributed by atoms with Crippen LogP contribution in [0.4, 0.5) is 17.3 Å². The predicted octanol–water partition coefficient (Wildman–Crippen LogP) is 5.44. The van der Waals surface area contributed by atoms with E-state index in [1.807, 2.05) is 83.8 Å². The van der Waals surface area contributed by atoms with E-state index in [1.165, 1.54) is 0 Å². The number of fused-ring (bicyclic) bond motifs is 2. The lowest BCUT2D eigenvalue weighted by atomic mass is 10.2. The Balaban J connectivity index is 1.81. The van der Waals surface area contributed by atoms with Gasteiger partial charge in [-0.15, -0.1) is 0 Å². The van der Waals surface area contributed by atoms with Gasteiger partial charge in [0.2, 0.25) is 0 Å². The number of aromatic nitrogens is 2. The summed E-state index contributed by atoms with van der Waals surface area (Å²) in [7, 11) is 0. The van der Waals surface area contributed by atoms with Crippen LogP contribution in [-0.4, -0.2) is 10.3 Å². The van der Waals surface area contributed by atoms with E-state index in [4.69, 9.17) is 9.05 Å². The average Bonchev–Trinajstić information content (AvgIpc) is 3.29. The second-order valence-corrected chi connectivity index (χ2v) is 5.68. The second kappa shape index (κ2) is 5.49. The molecule has 5 nitrogen and oxygen atoms in total. The zero-order valence-electron chi connectivity index (χ0n) is 13.2. The van der Waals surface area contributed by atoms with E-state index in [-0.39, 0.29) is 0 Å². The molecule has 5 heteroatoms. The summed E-state index contributed by atoms with van der Waals surface area (Å²) in [5.74, 6) is 1.36. The molecule has 0 fully saturated rings. The quantitative estimate of drug-likeness (QED) is 0.442. The van der Waals surface area contributed by atoms with Crippen LogP contribution in [0.15, 0.2) is 87.9 Å². The van der Waals surface area contributed by atoms with E-state index in [2.05, 4.69) is 10.3 Å². The molecule has 0 atom stereocenters. The molecule has 0 saturated carbocycles. The zero-order chi connectivity index (χ0) is 16.6. The summed E-state index contributed by atoms with van der Waals surface area (Å²) in [5.41, 5.74) is 2.39. The molecule has 120 valence electrons. The molecule has 0 aliphatic carbocycles. The van der Waals surface area contributed by atoms with E-state index in [0.29, 0.717) is 11.6 Å². The molecule has 3 aromatic carbocycles. The first-order valence-electron chi connectivity index (χ1n) is 7.96. The van der Waals surface area contributed by atoms with Gasteiger partial charge in [-0.1, -0.05) is 52.8 Å². The van der Waals surface area contributed by atoms with Gasteiger partial charge in [0.15, 0.2) is 22.8 Å². The van der Waals surface area contributed by atoms with E-state index >= 15 is 0 Å². The Morgan fingerprint density at radius 3 is 1.60 bits per heavy atom. The summed E-state index contributed by atoms with van der Waals surface area (Å²) in [6.45, 7) is 0. The minimum Gasteiger partial charge on any atom is -0.354 e. The van der Waals surface area contributed by atoms with Gasteiger partial charge in [-0.05, 0) is 36.4 Å². The molecule has 0 N–H and O–H groups in total. The van der Waals surface area contributed by atoms with Gasteiger partial charge in [-0.25, -0.2) is 0 Å². The summed E-state index contributed by atoms with van der Waals surface area (Å²) in [4.78, 5) is 1.96. The Morgan fingerprint density at radius 1 is 0.560 bits per heavy atom. The molecule has 0 aliphatic heterocycles.